The lowest BCUT2D eigenvalue weighted by atomic mass is 10.0. The molecule has 1 N–H and O–H groups in total. The van der Waals surface area contributed by atoms with Crippen LogP contribution in [0.2, 0.25) is 0 Å². The van der Waals surface area contributed by atoms with Gasteiger partial charge in [-0.2, -0.15) is 0 Å². The SMILES string of the molecule is Cc1cc(F)ccc1-c1ccc(OC(=O)Nc2ccc3nc(N(C)CCN(C)C)sc3c2)cc1. The van der Waals surface area contributed by atoms with E-state index in [0.717, 1.165) is 45.1 Å². The van der Waals surface area contributed by atoms with E-state index in [1.54, 1.807) is 29.5 Å². The number of amides is 1. The molecular weight excluding hydrogens is 451 g/mol. The first kappa shape index (κ1) is 23.7. The number of nitrogens with zero attached hydrogens (tertiary/aromatic N) is 3. The molecule has 3 aromatic carbocycles. The van der Waals surface area contributed by atoms with E-state index in [0.29, 0.717) is 11.4 Å². The standard InChI is InChI=1S/C26H27FN4O2S/c1-17-15-19(27)7-11-22(17)18-5-9-21(10-6-18)33-26(32)28-20-8-12-23-24(16-20)34-25(29-23)31(4)14-13-30(2)3/h5-12,15-16H,13-14H2,1-4H3,(H,28,32). The first-order valence-corrected chi connectivity index (χ1v) is 11.7. The van der Waals surface area contributed by atoms with Gasteiger partial charge in [0.1, 0.15) is 11.6 Å². The quantitative estimate of drug-likeness (QED) is 0.352. The Morgan fingerprint density at radius 3 is 2.50 bits per heavy atom. The molecule has 34 heavy (non-hydrogen) atoms. The molecule has 4 rings (SSSR count). The zero-order chi connectivity index (χ0) is 24.2. The molecule has 4 aromatic rings. The highest BCUT2D eigenvalue weighted by molar-refractivity contribution is 7.22. The number of halogens is 1. The summed E-state index contributed by atoms with van der Waals surface area (Å²) in [4.78, 5) is 21.4. The number of benzene rings is 3. The molecule has 1 amide bonds. The van der Waals surface area contributed by atoms with Gasteiger partial charge in [-0.15, -0.1) is 0 Å². The number of thiazole rings is 1. The predicted molar refractivity (Wildman–Crippen MR) is 138 cm³/mol. The Morgan fingerprint density at radius 1 is 1.03 bits per heavy atom. The lowest BCUT2D eigenvalue weighted by molar-refractivity contribution is 0.215. The fraction of sp³-hybridized carbons (Fsp3) is 0.231. The molecule has 176 valence electrons. The van der Waals surface area contributed by atoms with Crippen molar-refractivity contribution >= 4 is 38.5 Å². The number of nitrogens with one attached hydrogen (secondary N) is 1. The summed E-state index contributed by atoms with van der Waals surface area (Å²) in [6.45, 7) is 3.68. The Morgan fingerprint density at radius 2 is 1.79 bits per heavy atom. The van der Waals surface area contributed by atoms with Crippen LogP contribution in [0.3, 0.4) is 0 Å². The number of carbonyl (C=O) groups is 1. The van der Waals surface area contributed by atoms with Gasteiger partial charge >= 0.3 is 6.09 Å². The Labute approximate surface area is 202 Å². The van der Waals surface area contributed by atoms with Gasteiger partial charge in [-0.3, -0.25) is 5.32 Å². The fourth-order valence-electron chi connectivity index (χ4n) is 3.50. The van der Waals surface area contributed by atoms with E-state index in [-0.39, 0.29) is 5.82 Å². The number of aryl methyl sites for hydroxylation is 1. The average molecular weight is 479 g/mol. The van der Waals surface area contributed by atoms with Crippen molar-refractivity contribution in [1.82, 2.24) is 9.88 Å². The number of hydrogen-bond donors (Lipinski definition) is 1. The molecule has 0 aliphatic rings. The molecule has 0 aliphatic heterocycles. The lowest BCUT2D eigenvalue weighted by Gasteiger charge is -2.18. The average Bonchev–Trinajstić information content (AvgIpc) is 3.22. The van der Waals surface area contributed by atoms with Crippen LogP contribution in [0.15, 0.2) is 60.7 Å². The second kappa shape index (κ2) is 10.2. The number of hydrogen-bond acceptors (Lipinski definition) is 6. The van der Waals surface area contributed by atoms with E-state index >= 15 is 0 Å². The molecule has 0 atom stereocenters. The van der Waals surface area contributed by atoms with E-state index in [1.165, 1.54) is 12.1 Å². The largest absolute Gasteiger partial charge is 0.417 e. The third-order valence-corrected chi connectivity index (χ3v) is 6.53. The van der Waals surface area contributed by atoms with E-state index in [4.69, 9.17) is 4.74 Å². The highest BCUT2D eigenvalue weighted by Gasteiger charge is 2.12. The van der Waals surface area contributed by atoms with Crippen LogP contribution in [0.4, 0.5) is 20.0 Å². The smallest absolute Gasteiger partial charge is 0.410 e. The van der Waals surface area contributed by atoms with Crippen LogP contribution >= 0.6 is 11.3 Å². The fourth-order valence-corrected chi connectivity index (χ4v) is 4.50. The first-order valence-electron chi connectivity index (χ1n) is 10.9. The van der Waals surface area contributed by atoms with Crippen molar-refractivity contribution in [2.75, 3.05) is 44.4 Å². The number of rotatable bonds is 7. The van der Waals surface area contributed by atoms with Crippen LogP contribution in [0, 0.1) is 12.7 Å². The highest BCUT2D eigenvalue weighted by Crippen LogP contribution is 2.30. The van der Waals surface area contributed by atoms with Gasteiger partial charge in [-0.05, 0) is 80.2 Å². The number of aromatic nitrogens is 1. The normalized spacial score (nSPS) is 11.1. The Kier molecular flexibility index (Phi) is 7.09. The third-order valence-electron chi connectivity index (χ3n) is 5.40. The van der Waals surface area contributed by atoms with Gasteiger partial charge in [-0.25, -0.2) is 14.2 Å². The van der Waals surface area contributed by atoms with Crippen molar-refractivity contribution in [3.63, 3.8) is 0 Å². The van der Waals surface area contributed by atoms with Gasteiger partial charge in [0.25, 0.3) is 0 Å². The predicted octanol–water partition coefficient (Wildman–Crippen LogP) is 6.02. The molecule has 0 fully saturated rings. The van der Waals surface area contributed by atoms with Gasteiger partial charge < -0.3 is 14.5 Å². The summed E-state index contributed by atoms with van der Waals surface area (Å²) in [7, 11) is 6.12. The Hall–Kier alpha value is -3.49. The monoisotopic (exact) mass is 478 g/mol. The van der Waals surface area contributed by atoms with E-state index < -0.39 is 6.09 Å². The molecular formula is C26H27FN4O2S. The molecule has 0 unspecified atom stereocenters. The van der Waals surface area contributed by atoms with Gasteiger partial charge in [0.2, 0.25) is 0 Å². The van der Waals surface area contributed by atoms with Crippen molar-refractivity contribution in [2.24, 2.45) is 0 Å². The summed E-state index contributed by atoms with van der Waals surface area (Å²) >= 11 is 1.58. The summed E-state index contributed by atoms with van der Waals surface area (Å²) in [6.07, 6.45) is -0.571. The molecule has 0 bridgehead atoms. The topological polar surface area (TPSA) is 57.7 Å². The maximum atomic E-state index is 13.4. The van der Waals surface area contributed by atoms with Crippen LogP contribution in [-0.4, -0.2) is 50.2 Å². The molecule has 0 radical (unpaired) electrons. The van der Waals surface area contributed by atoms with Gasteiger partial charge in [0.05, 0.1) is 10.2 Å². The summed E-state index contributed by atoms with van der Waals surface area (Å²) in [6, 6.07) is 17.4. The minimum absolute atomic E-state index is 0.262. The molecule has 8 heteroatoms. The summed E-state index contributed by atoms with van der Waals surface area (Å²) in [5, 5.41) is 3.72. The molecule has 6 nitrogen and oxygen atoms in total. The van der Waals surface area contributed by atoms with Gasteiger partial charge in [0.15, 0.2) is 5.13 Å². The van der Waals surface area contributed by atoms with Crippen molar-refractivity contribution in [1.29, 1.82) is 0 Å². The minimum Gasteiger partial charge on any atom is -0.410 e. The van der Waals surface area contributed by atoms with E-state index in [9.17, 15) is 9.18 Å². The second-order valence-corrected chi connectivity index (χ2v) is 9.41. The zero-order valence-corrected chi connectivity index (χ0v) is 20.4. The van der Waals surface area contributed by atoms with Gasteiger partial charge in [0, 0.05) is 25.8 Å². The zero-order valence-electron chi connectivity index (χ0n) is 19.6. The number of ether oxygens (including phenoxy) is 1. The Balaban J connectivity index is 1.40. The van der Waals surface area contributed by atoms with Crippen LogP contribution in [-0.2, 0) is 0 Å². The van der Waals surface area contributed by atoms with Gasteiger partial charge in [-0.1, -0.05) is 29.5 Å². The molecule has 1 heterocycles. The van der Waals surface area contributed by atoms with Crippen LogP contribution in [0.25, 0.3) is 21.3 Å². The minimum atomic E-state index is -0.571. The molecule has 0 saturated carbocycles. The molecule has 0 spiro atoms. The number of anilines is 2. The van der Waals surface area contributed by atoms with Crippen molar-refractivity contribution in [3.05, 3.63) is 72.0 Å². The van der Waals surface area contributed by atoms with Crippen LogP contribution < -0.4 is 15.0 Å². The summed E-state index contributed by atoms with van der Waals surface area (Å²) < 4.78 is 19.8. The second-order valence-electron chi connectivity index (χ2n) is 8.40. The first-order chi connectivity index (χ1) is 16.3. The summed E-state index contributed by atoms with van der Waals surface area (Å²) in [5.41, 5.74) is 4.23. The van der Waals surface area contributed by atoms with Crippen LogP contribution in [0.5, 0.6) is 5.75 Å². The Bertz CT molecular complexity index is 1300. The summed E-state index contributed by atoms with van der Waals surface area (Å²) in [5.74, 6) is 0.159. The maximum Gasteiger partial charge on any atom is 0.417 e. The lowest BCUT2D eigenvalue weighted by Crippen LogP contribution is -2.28. The highest BCUT2D eigenvalue weighted by atomic mass is 32.1. The van der Waals surface area contributed by atoms with Crippen molar-refractivity contribution < 1.29 is 13.9 Å². The molecule has 1 aromatic heterocycles. The number of likely N-dealkylation sites (N-methyl/N-ethyl adjacent to an activating group) is 2. The van der Waals surface area contributed by atoms with E-state index in [2.05, 4.69) is 20.1 Å². The third kappa shape index (κ3) is 5.70. The van der Waals surface area contributed by atoms with Crippen LogP contribution in [0.1, 0.15) is 5.56 Å². The molecule has 0 aliphatic carbocycles. The number of carbonyl (C=O) groups excluding carboxylic acids is 1. The molecule has 0 saturated heterocycles. The maximum absolute atomic E-state index is 13.4. The van der Waals surface area contributed by atoms with Crippen molar-refractivity contribution in [3.8, 4) is 16.9 Å². The van der Waals surface area contributed by atoms with E-state index in [1.807, 2.05) is 58.4 Å². The van der Waals surface area contributed by atoms with Crippen molar-refractivity contribution in [2.45, 2.75) is 6.92 Å². The number of fused-ring (bicyclic) bond motifs is 1.